The van der Waals surface area contributed by atoms with Crippen LogP contribution in [0.2, 0.25) is 5.02 Å². The predicted molar refractivity (Wildman–Crippen MR) is 77.7 cm³/mol. The molecule has 0 aliphatic carbocycles. The molecule has 0 saturated carbocycles. The molecule has 1 atom stereocenters. The SMILES string of the molecule is O=C(Cc1c(F)cccc1Cl)C1Cc2ccccc2N1. The number of benzene rings is 2. The molecule has 1 N–H and O–H groups in total. The topological polar surface area (TPSA) is 29.1 Å². The van der Waals surface area contributed by atoms with E-state index in [2.05, 4.69) is 5.32 Å². The standard InChI is InChI=1S/C16H13ClFNO/c17-12-5-3-6-13(18)11(12)9-16(20)15-8-10-4-1-2-7-14(10)19-15/h1-7,15,19H,8-9H2. The lowest BCUT2D eigenvalue weighted by Gasteiger charge is -2.11. The van der Waals surface area contributed by atoms with Gasteiger partial charge in [-0.2, -0.15) is 0 Å². The highest BCUT2D eigenvalue weighted by molar-refractivity contribution is 6.31. The van der Waals surface area contributed by atoms with Crippen LogP contribution >= 0.6 is 11.6 Å². The number of ketones is 1. The Kier molecular flexibility index (Phi) is 3.45. The van der Waals surface area contributed by atoms with Gasteiger partial charge in [-0.25, -0.2) is 4.39 Å². The van der Waals surface area contributed by atoms with Crippen molar-refractivity contribution in [2.45, 2.75) is 18.9 Å². The molecule has 0 spiro atoms. The van der Waals surface area contributed by atoms with E-state index in [0.29, 0.717) is 11.4 Å². The van der Waals surface area contributed by atoms with Crippen LogP contribution < -0.4 is 5.32 Å². The van der Waals surface area contributed by atoms with E-state index < -0.39 is 5.82 Å². The summed E-state index contributed by atoms with van der Waals surface area (Å²) in [7, 11) is 0. The van der Waals surface area contributed by atoms with Crippen molar-refractivity contribution >= 4 is 23.1 Å². The monoisotopic (exact) mass is 289 g/mol. The number of carbonyl (C=O) groups is 1. The number of carbonyl (C=O) groups excluding carboxylic acids is 1. The van der Waals surface area contributed by atoms with Crippen molar-refractivity contribution in [3.8, 4) is 0 Å². The maximum atomic E-state index is 13.7. The number of hydrogen-bond acceptors (Lipinski definition) is 2. The van der Waals surface area contributed by atoms with E-state index in [4.69, 9.17) is 11.6 Å². The summed E-state index contributed by atoms with van der Waals surface area (Å²) in [5.74, 6) is -0.477. The number of fused-ring (bicyclic) bond motifs is 1. The van der Waals surface area contributed by atoms with Crippen LogP contribution in [0.4, 0.5) is 10.1 Å². The molecule has 2 aromatic carbocycles. The Balaban J connectivity index is 1.76. The highest BCUT2D eigenvalue weighted by Crippen LogP contribution is 2.27. The minimum Gasteiger partial charge on any atom is -0.375 e. The molecule has 0 fully saturated rings. The van der Waals surface area contributed by atoms with Crippen LogP contribution in [0.1, 0.15) is 11.1 Å². The molecule has 0 aromatic heterocycles. The second kappa shape index (κ2) is 5.25. The van der Waals surface area contributed by atoms with Crippen molar-refractivity contribution in [1.82, 2.24) is 0 Å². The van der Waals surface area contributed by atoms with Gasteiger partial charge < -0.3 is 5.32 Å². The molecule has 1 unspecified atom stereocenters. The Bertz CT molecular complexity index is 626. The number of anilines is 1. The Morgan fingerprint density at radius 1 is 1.25 bits per heavy atom. The third kappa shape index (κ3) is 2.41. The van der Waals surface area contributed by atoms with Gasteiger partial charge in [-0.05, 0) is 23.8 Å². The molecule has 2 aromatic rings. The lowest BCUT2D eigenvalue weighted by molar-refractivity contribution is -0.119. The fraction of sp³-hybridized carbons (Fsp3) is 0.188. The van der Waals surface area contributed by atoms with E-state index >= 15 is 0 Å². The van der Waals surface area contributed by atoms with E-state index in [9.17, 15) is 9.18 Å². The van der Waals surface area contributed by atoms with Crippen LogP contribution in [0.15, 0.2) is 42.5 Å². The number of Topliss-reactive ketones (excluding diaryl/α,β-unsaturated/α-hetero) is 1. The van der Waals surface area contributed by atoms with E-state index in [1.54, 1.807) is 6.07 Å². The van der Waals surface area contributed by atoms with Gasteiger partial charge in [-0.3, -0.25) is 4.79 Å². The van der Waals surface area contributed by atoms with E-state index in [1.807, 2.05) is 24.3 Å². The molecule has 0 radical (unpaired) electrons. The summed E-state index contributed by atoms with van der Waals surface area (Å²) in [5, 5.41) is 3.48. The number of hydrogen-bond donors (Lipinski definition) is 1. The summed E-state index contributed by atoms with van der Waals surface area (Å²) in [6, 6.07) is 12.0. The average molecular weight is 290 g/mol. The zero-order valence-electron chi connectivity index (χ0n) is 10.7. The second-order valence-corrected chi connectivity index (χ2v) is 5.31. The van der Waals surface area contributed by atoms with Gasteiger partial charge in [0, 0.05) is 29.1 Å². The minimum absolute atomic E-state index is 0.0111. The van der Waals surface area contributed by atoms with E-state index in [0.717, 1.165) is 11.3 Å². The summed E-state index contributed by atoms with van der Waals surface area (Å²) >= 11 is 5.96. The third-order valence-corrected chi connectivity index (χ3v) is 3.93. The first-order chi connectivity index (χ1) is 9.65. The maximum Gasteiger partial charge on any atom is 0.159 e. The molecule has 0 bridgehead atoms. The van der Waals surface area contributed by atoms with Crippen LogP contribution in [-0.2, 0) is 17.6 Å². The summed E-state index contributed by atoms with van der Waals surface area (Å²) in [6.07, 6.45) is 0.651. The third-order valence-electron chi connectivity index (χ3n) is 3.57. The van der Waals surface area contributed by atoms with Gasteiger partial charge in [0.25, 0.3) is 0 Å². The normalized spacial score (nSPS) is 16.6. The lowest BCUT2D eigenvalue weighted by Crippen LogP contribution is -2.28. The predicted octanol–water partition coefficient (Wildman–Crippen LogP) is 3.63. The van der Waals surface area contributed by atoms with Gasteiger partial charge in [0.15, 0.2) is 5.78 Å². The summed E-state index contributed by atoms with van der Waals surface area (Å²) in [5.41, 5.74) is 2.37. The molecular weight excluding hydrogens is 277 g/mol. The second-order valence-electron chi connectivity index (χ2n) is 4.90. The molecule has 3 rings (SSSR count). The Hall–Kier alpha value is -1.87. The van der Waals surface area contributed by atoms with Crippen LogP contribution in [0, 0.1) is 5.82 Å². The molecule has 1 aliphatic rings. The molecule has 0 amide bonds. The van der Waals surface area contributed by atoms with Crippen molar-refractivity contribution in [2.75, 3.05) is 5.32 Å². The quantitative estimate of drug-likeness (QED) is 0.935. The molecular formula is C16H13ClFNO. The molecule has 1 aliphatic heterocycles. The molecule has 2 nitrogen and oxygen atoms in total. The van der Waals surface area contributed by atoms with Gasteiger partial charge in [0.1, 0.15) is 5.82 Å². The smallest absolute Gasteiger partial charge is 0.159 e. The summed E-state index contributed by atoms with van der Waals surface area (Å²) in [4.78, 5) is 12.3. The van der Waals surface area contributed by atoms with Crippen LogP contribution in [0.3, 0.4) is 0 Å². The molecule has 4 heteroatoms. The Morgan fingerprint density at radius 2 is 2.05 bits per heavy atom. The summed E-state index contributed by atoms with van der Waals surface area (Å²) < 4.78 is 13.7. The molecule has 0 saturated heterocycles. The van der Waals surface area contributed by atoms with Crippen molar-refractivity contribution in [3.63, 3.8) is 0 Å². The number of para-hydroxylation sites is 1. The first-order valence-corrected chi connectivity index (χ1v) is 6.83. The van der Waals surface area contributed by atoms with Crippen LogP contribution in [0.5, 0.6) is 0 Å². The van der Waals surface area contributed by atoms with Gasteiger partial charge >= 0.3 is 0 Å². The lowest BCUT2D eigenvalue weighted by atomic mass is 10.0. The largest absolute Gasteiger partial charge is 0.375 e. The number of nitrogens with one attached hydrogen (secondary N) is 1. The van der Waals surface area contributed by atoms with Gasteiger partial charge in [0.2, 0.25) is 0 Å². The highest BCUT2D eigenvalue weighted by atomic mass is 35.5. The zero-order valence-corrected chi connectivity index (χ0v) is 11.5. The first-order valence-electron chi connectivity index (χ1n) is 6.45. The fourth-order valence-electron chi connectivity index (χ4n) is 2.49. The van der Waals surface area contributed by atoms with Crippen molar-refractivity contribution < 1.29 is 9.18 Å². The zero-order chi connectivity index (χ0) is 14.1. The molecule has 1 heterocycles. The van der Waals surface area contributed by atoms with Gasteiger partial charge in [-0.1, -0.05) is 35.9 Å². The van der Waals surface area contributed by atoms with E-state index in [1.165, 1.54) is 12.1 Å². The maximum absolute atomic E-state index is 13.7. The minimum atomic E-state index is -0.429. The molecule has 20 heavy (non-hydrogen) atoms. The highest BCUT2D eigenvalue weighted by Gasteiger charge is 2.27. The summed E-state index contributed by atoms with van der Waals surface area (Å²) in [6.45, 7) is 0. The fourth-order valence-corrected chi connectivity index (χ4v) is 2.72. The first kappa shape index (κ1) is 13.1. The Labute approximate surface area is 121 Å². The van der Waals surface area contributed by atoms with Crippen molar-refractivity contribution in [2.24, 2.45) is 0 Å². The van der Waals surface area contributed by atoms with Crippen molar-refractivity contribution in [1.29, 1.82) is 0 Å². The number of halogens is 2. The van der Waals surface area contributed by atoms with Crippen molar-refractivity contribution in [3.05, 3.63) is 64.4 Å². The number of rotatable bonds is 3. The van der Waals surface area contributed by atoms with Crippen LogP contribution in [-0.4, -0.2) is 11.8 Å². The average Bonchev–Trinajstić information content (AvgIpc) is 2.87. The van der Waals surface area contributed by atoms with Gasteiger partial charge in [-0.15, -0.1) is 0 Å². The molecule has 102 valence electrons. The van der Waals surface area contributed by atoms with E-state index in [-0.39, 0.29) is 23.8 Å². The Morgan fingerprint density at radius 3 is 2.80 bits per heavy atom. The van der Waals surface area contributed by atoms with Gasteiger partial charge in [0.05, 0.1) is 6.04 Å². The van der Waals surface area contributed by atoms with Crippen LogP contribution in [0.25, 0.3) is 0 Å².